The van der Waals surface area contributed by atoms with Gasteiger partial charge in [-0.05, 0) is 49.3 Å². The molecule has 3 rings (SSSR count). The number of benzene rings is 1. The molecule has 3 heteroatoms. The van der Waals surface area contributed by atoms with Crippen LogP contribution >= 0.6 is 11.6 Å². The van der Waals surface area contributed by atoms with E-state index >= 15 is 0 Å². The van der Waals surface area contributed by atoms with Crippen LogP contribution in [0.15, 0.2) is 24.3 Å². The molecule has 2 saturated heterocycles. The lowest BCUT2D eigenvalue weighted by Gasteiger charge is -2.37. The number of fused-ring (bicyclic) bond motifs is 2. The predicted molar refractivity (Wildman–Crippen MR) is 82.4 cm³/mol. The van der Waals surface area contributed by atoms with Crippen LogP contribution in [-0.4, -0.2) is 28.3 Å². The van der Waals surface area contributed by atoms with Crippen molar-refractivity contribution in [1.82, 2.24) is 4.90 Å². The third-order valence-corrected chi connectivity index (χ3v) is 5.09. The highest BCUT2D eigenvalue weighted by atomic mass is 35.5. The van der Waals surface area contributed by atoms with E-state index < -0.39 is 0 Å². The van der Waals surface area contributed by atoms with Crippen LogP contribution in [0.5, 0.6) is 0 Å². The highest BCUT2D eigenvalue weighted by molar-refractivity contribution is 6.20. The molecule has 20 heavy (non-hydrogen) atoms. The van der Waals surface area contributed by atoms with E-state index in [-0.39, 0.29) is 11.3 Å². The van der Waals surface area contributed by atoms with Crippen molar-refractivity contribution in [2.45, 2.75) is 62.9 Å². The second kappa shape index (κ2) is 5.40. The lowest BCUT2D eigenvalue weighted by molar-refractivity contribution is 0.0599. The summed E-state index contributed by atoms with van der Waals surface area (Å²) >= 11 is 6.28. The number of rotatable bonds is 2. The van der Waals surface area contributed by atoms with Crippen LogP contribution in [0.1, 0.15) is 61.4 Å². The molecule has 0 saturated carbocycles. The van der Waals surface area contributed by atoms with Gasteiger partial charge in [0.25, 0.3) is 5.91 Å². The number of hydrogen-bond donors (Lipinski definition) is 0. The number of carbonyl (C=O) groups is 1. The lowest BCUT2D eigenvalue weighted by atomic mass is 9.99. The molecule has 2 heterocycles. The van der Waals surface area contributed by atoms with Gasteiger partial charge in [-0.15, -0.1) is 11.6 Å². The van der Waals surface area contributed by atoms with Gasteiger partial charge in [0.1, 0.15) is 0 Å². The van der Waals surface area contributed by atoms with Crippen LogP contribution < -0.4 is 0 Å². The van der Waals surface area contributed by atoms with Crippen LogP contribution in [0.3, 0.4) is 0 Å². The molecule has 2 atom stereocenters. The second-order valence-electron chi connectivity index (χ2n) is 6.44. The smallest absolute Gasteiger partial charge is 0.254 e. The van der Waals surface area contributed by atoms with Crippen molar-refractivity contribution >= 4 is 17.5 Å². The van der Waals surface area contributed by atoms with Gasteiger partial charge in [0.2, 0.25) is 0 Å². The summed E-state index contributed by atoms with van der Waals surface area (Å²) in [6.07, 6.45) is 4.13. The number of piperidine rings is 1. The number of hydrogen-bond acceptors (Lipinski definition) is 1. The van der Waals surface area contributed by atoms with Gasteiger partial charge in [0.15, 0.2) is 0 Å². The van der Waals surface area contributed by atoms with Gasteiger partial charge in [-0.2, -0.15) is 0 Å². The third-order valence-electron chi connectivity index (χ3n) is 4.73. The van der Waals surface area contributed by atoms with E-state index in [2.05, 4.69) is 30.9 Å². The van der Waals surface area contributed by atoms with Gasteiger partial charge < -0.3 is 4.90 Å². The maximum Gasteiger partial charge on any atom is 0.254 e. The van der Waals surface area contributed by atoms with Crippen LogP contribution in [-0.2, 0) is 0 Å². The first-order valence-corrected chi connectivity index (χ1v) is 8.06. The second-order valence-corrected chi connectivity index (χ2v) is 7.06. The zero-order valence-corrected chi connectivity index (χ0v) is 12.9. The quantitative estimate of drug-likeness (QED) is 0.748. The van der Waals surface area contributed by atoms with Crippen LogP contribution in [0.4, 0.5) is 0 Å². The number of carbonyl (C=O) groups excluding carboxylic acids is 1. The maximum atomic E-state index is 12.7. The summed E-state index contributed by atoms with van der Waals surface area (Å²) in [5.41, 5.74) is 2.10. The average Bonchev–Trinajstić information content (AvgIpc) is 2.70. The van der Waals surface area contributed by atoms with Gasteiger partial charge in [-0.3, -0.25) is 4.79 Å². The molecule has 2 nitrogen and oxygen atoms in total. The molecule has 2 aliphatic rings. The summed E-state index contributed by atoms with van der Waals surface area (Å²) in [6, 6.07) is 8.82. The van der Waals surface area contributed by atoms with E-state index in [1.54, 1.807) is 0 Å². The number of amides is 1. The Balaban J connectivity index is 1.79. The molecule has 2 aliphatic heterocycles. The van der Waals surface area contributed by atoms with Crippen LogP contribution in [0.25, 0.3) is 0 Å². The van der Waals surface area contributed by atoms with Gasteiger partial charge in [0.05, 0.1) is 0 Å². The largest absolute Gasteiger partial charge is 0.333 e. The normalized spacial score (nSPS) is 29.0. The fraction of sp³-hybridized carbons (Fsp3) is 0.588. The van der Waals surface area contributed by atoms with E-state index in [1.807, 2.05) is 12.1 Å². The highest BCUT2D eigenvalue weighted by Gasteiger charge is 2.42. The van der Waals surface area contributed by atoms with Gasteiger partial charge in [-0.25, -0.2) is 0 Å². The zero-order chi connectivity index (χ0) is 14.3. The molecule has 0 radical (unpaired) electrons. The minimum Gasteiger partial charge on any atom is -0.333 e. The maximum absolute atomic E-state index is 12.7. The number of nitrogens with zero attached hydrogens (tertiary/aromatic N) is 1. The molecule has 0 spiro atoms. The molecule has 0 aliphatic carbocycles. The molecule has 1 aromatic rings. The summed E-state index contributed by atoms with van der Waals surface area (Å²) in [4.78, 5) is 14.8. The molecule has 108 valence electrons. The first-order chi connectivity index (χ1) is 9.56. The van der Waals surface area contributed by atoms with Crippen molar-refractivity contribution in [2.24, 2.45) is 0 Å². The Morgan fingerprint density at radius 1 is 1.15 bits per heavy atom. The van der Waals surface area contributed by atoms with E-state index in [1.165, 1.54) is 5.56 Å². The van der Waals surface area contributed by atoms with Gasteiger partial charge >= 0.3 is 0 Å². The summed E-state index contributed by atoms with van der Waals surface area (Å²) < 4.78 is 0. The Morgan fingerprint density at radius 2 is 1.70 bits per heavy atom. The first kappa shape index (κ1) is 13.9. The Hall–Kier alpha value is -1.02. The monoisotopic (exact) mass is 291 g/mol. The van der Waals surface area contributed by atoms with Crippen LogP contribution in [0, 0.1) is 0 Å². The van der Waals surface area contributed by atoms with Crippen molar-refractivity contribution in [3.63, 3.8) is 0 Å². The average molecular weight is 292 g/mol. The molecule has 2 fully saturated rings. The summed E-state index contributed by atoms with van der Waals surface area (Å²) in [6.45, 7) is 4.34. The Bertz CT molecular complexity index is 482. The Labute approximate surface area is 126 Å². The zero-order valence-electron chi connectivity index (χ0n) is 12.2. The highest BCUT2D eigenvalue weighted by Crippen LogP contribution is 2.38. The minimum absolute atomic E-state index is 0.191. The minimum atomic E-state index is 0.191. The van der Waals surface area contributed by atoms with Gasteiger partial charge in [-0.1, -0.05) is 26.0 Å². The van der Waals surface area contributed by atoms with E-state index in [9.17, 15) is 4.79 Å². The number of halogens is 1. The van der Waals surface area contributed by atoms with E-state index in [0.717, 1.165) is 31.2 Å². The SMILES string of the molecule is CC(C)c1ccc(C(=O)N2C3CCC2CC(Cl)C3)cc1. The lowest BCUT2D eigenvalue weighted by Crippen LogP contribution is -2.46. The van der Waals surface area contributed by atoms with Crippen molar-refractivity contribution in [3.8, 4) is 0 Å². The van der Waals surface area contributed by atoms with Crippen LogP contribution in [0.2, 0.25) is 0 Å². The summed E-state index contributed by atoms with van der Waals surface area (Å²) in [5, 5.41) is 0.250. The molecule has 2 unspecified atom stereocenters. The van der Waals surface area contributed by atoms with Crippen molar-refractivity contribution < 1.29 is 4.79 Å². The Morgan fingerprint density at radius 3 is 2.20 bits per heavy atom. The molecular weight excluding hydrogens is 270 g/mol. The molecule has 0 aromatic heterocycles. The molecule has 1 amide bonds. The molecule has 0 N–H and O–H groups in total. The van der Waals surface area contributed by atoms with Crippen molar-refractivity contribution in [2.75, 3.05) is 0 Å². The molecule has 2 bridgehead atoms. The fourth-order valence-corrected chi connectivity index (χ4v) is 4.01. The summed E-state index contributed by atoms with van der Waals surface area (Å²) in [7, 11) is 0. The van der Waals surface area contributed by atoms with Gasteiger partial charge in [0, 0.05) is 23.0 Å². The standard InChI is InChI=1S/C17H22ClNO/c1-11(2)12-3-5-13(6-4-12)17(20)19-15-7-8-16(19)10-14(18)9-15/h3-6,11,14-16H,7-10H2,1-2H3. The van der Waals surface area contributed by atoms with E-state index in [4.69, 9.17) is 11.6 Å². The topological polar surface area (TPSA) is 20.3 Å². The Kier molecular flexibility index (Phi) is 3.76. The first-order valence-electron chi connectivity index (χ1n) is 7.63. The number of alkyl halides is 1. The third kappa shape index (κ3) is 2.46. The molecular formula is C17H22ClNO. The predicted octanol–water partition coefficient (Wildman–Crippen LogP) is 4.18. The van der Waals surface area contributed by atoms with Crippen molar-refractivity contribution in [3.05, 3.63) is 35.4 Å². The van der Waals surface area contributed by atoms with E-state index in [0.29, 0.717) is 18.0 Å². The fourth-order valence-electron chi connectivity index (χ4n) is 3.60. The summed E-state index contributed by atoms with van der Waals surface area (Å²) in [5.74, 6) is 0.693. The molecule has 1 aromatic carbocycles. The van der Waals surface area contributed by atoms with Crippen molar-refractivity contribution in [1.29, 1.82) is 0 Å².